The number of hydrogen-bond donors (Lipinski definition) is 1. The average molecular weight is 423 g/mol. The molecule has 2 amide bonds. The van der Waals surface area contributed by atoms with Crippen molar-refractivity contribution in [1.29, 1.82) is 0 Å². The first kappa shape index (κ1) is 21.1. The Morgan fingerprint density at radius 1 is 1.26 bits per heavy atom. The second-order valence-corrected chi connectivity index (χ2v) is 8.85. The molecule has 1 N–H and O–H groups in total. The predicted octanol–water partition coefficient (Wildman–Crippen LogP) is 3.71. The summed E-state index contributed by atoms with van der Waals surface area (Å²) < 4.78 is 3.84. The van der Waals surface area contributed by atoms with Gasteiger partial charge in [0.15, 0.2) is 0 Å². The van der Waals surface area contributed by atoms with E-state index >= 15 is 0 Å². The first-order valence-corrected chi connectivity index (χ1v) is 10.9. The lowest BCUT2D eigenvalue weighted by Crippen LogP contribution is -2.50. The summed E-state index contributed by atoms with van der Waals surface area (Å²) in [5.74, 6) is -0.198. The molecule has 3 heterocycles. The summed E-state index contributed by atoms with van der Waals surface area (Å²) in [7, 11) is 0. The molecule has 1 saturated heterocycles. The number of nitrogens with zero attached hydrogens (tertiary/aromatic N) is 5. The molecule has 1 aliphatic rings. The summed E-state index contributed by atoms with van der Waals surface area (Å²) in [4.78, 5) is 32.4. The quantitative estimate of drug-likeness (QED) is 0.679. The Labute approximate surface area is 182 Å². The number of carbonyl (C=O) groups is 2. The van der Waals surface area contributed by atoms with E-state index in [-0.39, 0.29) is 17.9 Å². The van der Waals surface area contributed by atoms with E-state index in [9.17, 15) is 9.59 Å². The zero-order valence-electron chi connectivity index (χ0n) is 18.6. The molecule has 31 heavy (non-hydrogen) atoms. The second-order valence-electron chi connectivity index (χ2n) is 8.85. The summed E-state index contributed by atoms with van der Waals surface area (Å²) in [6, 6.07) is 7.72. The van der Waals surface area contributed by atoms with E-state index in [1.54, 1.807) is 15.6 Å². The van der Waals surface area contributed by atoms with Gasteiger partial charge in [-0.25, -0.2) is 4.98 Å². The number of likely N-dealkylation sites (tertiary alicyclic amines) is 1. The molecule has 4 rings (SSSR count). The lowest BCUT2D eigenvalue weighted by molar-refractivity contribution is -0.127. The van der Waals surface area contributed by atoms with Gasteiger partial charge in [-0.3, -0.25) is 14.3 Å². The molecule has 0 unspecified atom stereocenters. The fourth-order valence-corrected chi connectivity index (χ4v) is 4.18. The van der Waals surface area contributed by atoms with Crippen LogP contribution in [-0.2, 0) is 11.3 Å². The van der Waals surface area contributed by atoms with Gasteiger partial charge >= 0.3 is 0 Å². The summed E-state index contributed by atoms with van der Waals surface area (Å²) in [5.41, 5.74) is 2.38. The number of amides is 2. The van der Waals surface area contributed by atoms with Crippen molar-refractivity contribution >= 4 is 28.5 Å². The van der Waals surface area contributed by atoms with Crippen LogP contribution in [0.1, 0.15) is 57.1 Å². The van der Waals surface area contributed by atoms with Crippen LogP contribution in [0.5, 0.6) is 0 Å². The normalized spacial score (nSPS) is 19.2. The molecule has 3 aromatic rings. The highest BCUT2D eigenvalue weighted by atomic mass is 16.2. The smallest absolute Gasteiger partial charge is 0.274 e. The number of anilines is 1. The van der Waals surface area contributed by atoms with Gasteiger partial charge in [0, 0.05) is 37.6 Å². The minimum Gasteiger partial charge on any atom is -0.336 e. The van der Waals surface area contributed by atoms with E-state index < -0.39 is 5.41 Å². The predicted molar refractivity (Wildman–Crippen MR) is 120 cm³/mol. The first-order chi connectivity index (χ1) is 14.8. The van der Waals surface area contributed by atoms with E-state index in [1.807, 2.05) is 51.5 Å². The molecule has 0 spiro atoms. The Kier molecular flexibility index (Phi) is 5.56. The molecule has 1 aliphatic heterocycles. The summed E-state index contributed by atoms with van der Waals surface area (Å²) >= 11 is 0. The van der Waals surface area contributed by atoms with Crippen LogP contribution in [0.3, 0.4) is 0 Å². The van der Waals surface area contributed by atoms with Gasteiger partial charge in [-0.1, -0.05) is 0 Å². The Balaban J connectivity index is 1.47. The van der Waals surface area contributed by atoms with Crippen LogP contribution in [0.2, 0.25) is 0 Å². The maximum Gasteiger partial charge on any atom is 0.274 e. The fourth-order valence-electron chi connectivity index (χ4n) is 4.18. The zero-order valence-corrected chi connectivity index (χ0v) is 18.6. The summed E-state index contributed by atoms with van der Waals surface area (Å²) in [6.45, 7) is 9.90. The lowest BCUT2D eigenvalue weighted by atomic mass is 9.80. The molecule has 0 aliphatic carbocycles. The van der Waals surface area contributed by atoms with Crippen molar-refractivity contribution in [2.24, 2.45) is 5.41 Å². The fraction of sp³-hybridized carbons (Fsp3) is 0.478. The van der Waals surface area contributed by atoms with Crippen LogP contribution in [0.15, 0.2) is 36.8 Å². The maximum atomic E-state index is 13.2. The molecule has 0 bridgehead atoms. The second kappa shape index (κ2) is 8.17. The highest BCUT2D eigenvalue weighted by Gasteiger charge is 2.40. The van der Waals surface area contributed by atoms with Crippen LogP contribution in [0, 0.1) is 5.41 Å². The minimum absolute atomic E-state index is 0.0769. The molecule has 164 valence electrons. The number of hydrogen-bond acceptors (Lipinski definition) is 4. The van der Waals surface area contributed by atoms with E-state index in [0.717, 1.165) is 36.1 Å². The largest absolute Gasteiger partial charge is 0.336 e. The van der Waals surface area contributed by atoms with Gasteiger partial charge in [-0.05, 0) is 64.8 Å². The monoisotopic (exact) mass is 422 g/mol. The Hall–Kier alpha value is -3.16. The van der Waals surface area contributed by atoms with Crippen molar-refractivity contribution in [3.8, 4) is 0 Å². The van der Waals surface area contributed by atoms with Crippen molar-refractivity contribution in [1.82, 2.24) is 24.2 Å². The maximum absolute atomic E-state index is 13.2. The molecule has 1 atom stereocenters. The van der Waals surface area contributed by atoms with Crippen LogP contribution >= 0.6 is 0 Å². The number of imidazole rings is 1. The highest BCUT2D eigenvalue weighted by Crippen LogP contribution is 2.32. The Morgan fingerprint density at radius 2 is 2.06 bits per heavy atom. The van der Waals surface area contributed by atoms with E-state index in [1.165, 1.54) is 0 Å². The zero-order chi connectivity index (χ0) is 22.2. The van der Waals surface area contributed by atoms with Crippen molar-refractivity contribution < 1.29 is 9.59 Å². The van der Waals surface area contributed by atoms with Gasteiger partial charge in [-0.2, -0.15) is 5.10 Å². The minimum atomic E-state index is -0.660. The molecule has 1 aromatic carbocycles. The molecule has 1 fully saturated rings. The summed E-state index contributed by atoms with van der Waals surface area (Å²) in [5, 5.41) is 7.44. The van der Waals surface area contributed by atoms with Gasteiger partial charge in [0.05, 0.1) is 22.8 Å². The molecule has 8 nitrogen and oxygen atoms in total. The van der Waals surface area contributed by atoms with Gasteiger partial charge in [-0.15, -0.1) is 0 Å². The topological polar surface area (TPSA) is 85.0 Å². The van der Waals surface area contributed by atoms with E-state index in [2.05, 4.69) is 26.9 Å². The number of carbonyl (C=O) groups excluding carboxylic acids is 2. The van der Waals surface area contributed by atoms with Gasteiger partial charge < -0.3 is 14.8 Å². The average Bonchev–Trinajstić information content (AvgIpc) is 3.40. The Morgan fingerprint density at radius 3 is 2.77 bits per heavy atom. The SMILES string of the molecule is CCn1cnc2cc(NC(=O)[C@@]3(C)CCCN(C(=O)c4ccn(C(C)C)n4)C3)ccc21. The number of fused-ring (bicyclic) bond motifs is 1. The third kappa shape index (κ3) is 4.06. The van der Waals surface area contributed by atoms with Crippen molar-refractivity contribution in [2.45, 2.75) is 53.1 Å². The Bertz CT molecular complexity index is 1110. The number of benzene rings is 1. The molecular formula is C23H30N6O2. The van der Waals surface area contributed by atoms with Crippen LogP contribution in [0.4, 0.5) is 5.69 Å². The molecule has 8 heteroatoms. The number of rotatable bonds is 5. The highest BCUT2D eigenvalue weighted by molar-refractivity contribution is 5.98. The van der Waals surface area contributed by atoms with Crippen LogP contribution in [0.25, 0.3) is 11.0 Å². The first-order valence-electron chi connectivity index (χ1n) is 10.9. The molecular weight excluding hydrogens is 392 g/mol. The van der Waals surface area contributed by atoms with Crippen molar-refractivity contribution in [2.75, 3.05) is 18.4 Å². The number of nitrogens with one attached hydrogen (secondary N) is 1. The third-order valence-corrected chi connectivity index (χ3v) is 6.11. The van der Waals surface area contributed by atoms with E-state index in [4.69, 9.17) is 0 Å². The van der Waals surface area contributed by atoms with Crippen LogP contribution in [-0.4, -0.2) is 49.1 Å². The van der Waals surface area contributed by atoms with Gasteiger partial charge in [0.2, 0.25) is 5.91 Å². The number of piperidine rings is 1. The third-order valence-electron chi connectivity index (χ3n) is 6.11. The molecule has 0 saturated carbocycles. The number of aryl methyl sites for hydroxylation is 1. The lowest BCUT2D eigenvalue weighted by Gasteiger charge is -2.39. The molecule has 0 radical (unpaired) electrons. The van der Waals surface area contributed by atoms with Crippen molar-refractivity contribution in [3.05, 3.63) is 42.5 Å². The standard InChI is InChI=1S/C23H30N6O2/c1-5-27-15-24-19-13-17(7-8-20(19)27)25-22(31)23(4)10-6-11-28(14-23)21(30)18-9-12-29(26-18)16(2)3/h7-9,12-13,15-16H,5-6,10-11,14H2,1-4H3,(H,25,31)/t23-/m0/s1. The molecule has 2 aromatic heterocycles. The van der Waals surface area contributed by atoms with Gasteiger partial charge in [0.25, 0.3) is 5.91 Å². The number of aromatic nitrogens is 4. The summed E-state index contributed by atoms with van der Waals surface area (Å²) in [6.07, 6.45) is 5.14. The van der Waals surface area contributed by atoms with Crippen molar-refractivity contribution in [3.63, 3.8) is 0 Å². The van der Waals surface area contributed by atoms with E-state index in [0.29, 0.717) is 18.8 Å². The van der Waals surface area contributed by atoms with Gasteiger partial charge in [0.1, 0.15) is 5.69 Å². The van der Waals surface area contributed by atoms with Crippen LogP contribution < -0.4 is 5.32 Å².